The molecule has 4 nitrogen and oxygen atoms in total. The van der Waals surface area contributed by atoms with Crippen LogP contribution in [0, 0.1) is 0 Å². The number of aryl methyl sites for hydroxylation is 1. The lowest BCUT2D eigenvalue weighted by molar-refractivity contribution is 0.550. The van der Waals surface area contributed by atoms with E-state index in [0.29, 0.717) is 17.5 Å². The fourth-order valence-corrected chi connectivity index (χ4v) is 8.73. The van der Waals surface area contributed by atoms with E-state index < -0.39 is 0 Å². The minimum Gasteiger partial charge on any atom is -0.460 e. The van der Waals surface area contributed by atoms with E-state index >= 15 is 0 Å². The number of nitrogens with zero attached hydrogens (tertiary/aromatic N) is 3. The van der Waals surface area contributed by atoms with Crippen molar-refractivity contribution in [3.8, 4) is 34.2 Å². The average Bonchev–Trinajstić information content (AvgIpc) is 3.67. The van der Waals surface area contributed by atoms with Gasteiger partial charge >= 0.3 is 0 Å². The van der Waals surface area contributed by atoms with Crippen molar-refractivity contribution in [3.63, 3.8) is 0 Å². The molecule has 1 atom stereocenters. The van der Waals surface area contributed by atoms with Gasteiger partial charge in [-0.05, 0) is 69.0 Å². The fraction of sp³-hybridized carbons (Fsp3) is 0.0755. The zero-order chi connectivity index (χ0) is 37.7. The van der Waals surface area contributed by atoms with Crippen molar-refractivity contribution >= 4 is 49.7 Å². The number of aromatic nitrogens is 3. The Kier molecular flexibility index (Phi) is 8.06. The smallest absolute Gasteiger partial charge is 0.164 e. The first-order valence-corrected chi connectivity index (χ1v) is 19.7. The largest absolute Gasteiger partial charge is 0.460 e. The number of hydrogen-bond acceptors (Lipinski definition) is 4. The summed E-state index contributed by atoms with van der Waals surface area (Å²) in [7, 11) is 0. The van der Waals surface area contributed by atoms with Gasteiger partial charge in [0.2, 0.25) is 0 Å². The molecule has 9 aromatic rings. The maximum atomic E-state index is 6.73. The van der Waals surface area contributed by atoms with Crippen LogP contribution in [0.5, 0.6) is 0 Å². The second-order valence-electron chi connectivity index (χ2n) is 15.0. The van der Waals surface area contributed by atoms with Crippen molar-refractivity contribution in [1.82, 2.24) is 15.0 Å². The Morgan fingerprint density at radius 2 is 1.11 bits per heavy atom. The molecule has 0 saturated heterocycles. The van der Waals surface area contributed by atoms with Gasteiger partial charge in [0.1, 0.15) is 11.3 Å². The van der Waals surface area contributed by atoms with Gasteiger partial charge in [-0.1, -0.05) is 170 Å². The molecular formula is C53H37N3O. The molecule has 2 aromatic heterocycles. The van der Waals surface area contributed by atoms with E-state index in [4.69, 9.17) is 19.4 Å². The van der Waals surface area contributed by atoms with E-state index in [1.54, 1.807) is 0 Å². The summed E-state index contributed by atoms with van der Waals surface area (Å²) in [6.45, 7) is 0. The first-order chi connectivity index (χ1) is 28.2. The summed E-state index contributed by atoms with van der Waals surface area (Å²) in [4.78, 5) is 14.8. The zero-order valence-electron chi connectivity index (χ0n) is 31.3. The highest BCUT2D eigenvalue weighted by Crippen LogP contribution is 2.44. The first-order valence-electron chi connectivity index (χ1n) is 19.7. The van der Waals surface area contributed by atoms with Crippen LogP contribution in [0.4, 0.5) is 0 Å². The first kappa shape index (κ1) is 33.2. The Labute approximate surface area is 331 Å². The Bertz CT molecular complexity index is 3020. The number of allylic oxidation sites excluding steroid dienone is 5. The molecule has 0 spiro atoms. The summed E-state index contributed by atoms with van der Waals surface area (Å²) in [6.07, 6.45) is 12.0. The second kappa shape index (κ2) is 13.8. The van der Waals surface area contributed by atoms with Gasteiger partial charge in [-0.25, -0.2) is 15.0 Å². The molecule has 0 saturated carbocycles. The van der Waals surface area contributed by atoms with E-state index in [0.717, 1.165) is 52.7 Å². The third kappa shape index (κ3) is 5.98. The molecule has 0 amide bonds. The monoisotopic (exact) mass is 731 g/mol. The molecule has 0 aliphatic heterocycles. The van der Waals surface area contributed by atoms with Crippen LogP contribution in [-0.4, -0.2) is 15.0 Å². The third-order valence-corrected chi connectivity index (χ3v) is 11.6. The Balaban J connectivity index is 0.938. The van der Waals surface area contributed by atoms with Crippen LogP contribution in [0.1, 0.15) is 46.8 Å². The number of fused-ring (bicyclic) bond motifs is 6. The molecule has 4 heteroatoms. The quantitative estimate of drug-likeness (QED) is 0.171. The van der Waals surface area contributed by atoms with Gasteiger partial charge in [0, 0.05) is 45.4 Å². The standard InChI is InChI=1S/C53H37N3O/c1-3-14-36(15-4-1)51-54-52(37-16-5-2-6-17-37)56-53(55-51)38-27-25-34(26-28-38)39-19-11-20-40(31-39)46-33-48-47-32-41(43-24-12-18-35-13-7-8-21-42(35)43)29-30-49(47)57-50(48)45-23-10-9-22-44(45)46/h1-28,32-33,39H,29-31H2. The van der Waals surface area contributed by atoms with Crippen LogP contribution in [0.2, 0.25) is 0 Å². The van der Waals surface area contributed by atoms with Crippen molar-refractivity contribution in [3.05, 3.63) is 204 Å². The van der Waals surface area contributed by atoms with Crippen LogP contribution in [0.3, 0.4) is 0 Å². The Morgan fingerprint density at radius 3 is 1.82 bits per heavy atom. The van der Waals surface area contributed by atoms with Crippen LogP contribution < -0.4 is 0 Å². The predicted octanol–water partition coefficient (Wildman–Crippen LogP) is 13.5. The van der Waals surface area contributed by atoms with Crippen LogP contribution >= 0.6 is 0 Å². The molecule has 7 aromatic carbocycles. The molecule has 2 aliphatic carbocycles. The minimum atomic E-state index is 0.225. The molecule has 57 heavy (non-hydrogen) atoms. The molecule has 0 fully saturated rings. The van der Waals surface area contributed by atoms with E-state index in [1.165, 1.54) is 54.9 Å². The van der Waals surface area contributed by atoms with Crippen molar-refractivity contribution in [2.45, 2.75) is 25.2 Å². The molecular weight excluding hydrogens is 695 g/mol. The maximum absolute atomic E-state index is 6.73. The number of furan rings is 1. The summed E-state index contributed by atoms with van der Waals surface area (Å²) >= 11 is 0. The number of rotatable bonds is 6. The van der Waals surface area contributed by atoms with Crippen LogP contribution in [-0.2, 0) is 6.42 Å². The average molecular weight is 732 g/mol. The topological polar surface area (TPSA) is 51.8 Å². The predicted molar refractivity (Wildman–Crippen MR) is 234 cm³/mol. The highest BCUT2D eigenvalue weighted by atomic mass is 16.3. The summed E-state index contributed by atoms with van der Waals surface area (Å²) in [5, 5.41) is 6.15. The van der Waals surface area contributed by atoms with Gasteiger partial charge in [-0.2, -0.15) is 0 Å². The SMILES string of the molecule is C1=CC(c2ccc(-c3nc(-c4ccccc4)nc(-c4ccccc4)n3)cc2)CC(c2cc3c4c(oc3c3ccccc23)CCC(c2cccc3ccccc23)=C4)=C1. The van der Waals surface area contributed by atoms with Crippen molar-refractivity contribution in [2.75, 3.05) is 0 Å². The van der Waals surface area contributed by atoms with Gasteiger partial charge in [0.15, 0.2) is 17.5 Å². The lowest BCUT2D eigenvalue weighted by atomic mass is 9.83. The summed E-state index contributed by atoms with van der Waals surface area (Å²) in [5.74, 6) is 3.29. The molecule has 0 N–H and O–H groups in total. The Hall–Kier alpha value is -7.17. The molecule has 2 aliphatic rings. The summed E-state index contributed by atoms with van der Waals surface area (Å²) in [6, 6.07) is 55.5. The van der Waals surface area contributed by atoms with E-state index in [9.17, 15) is 0 Å². The Morgan fingerprint density at radius 1 is 0.491 bits per heavy atom. The van der Waals surface area contributed by atoms with E-state index in [2.05, 4.69) is 121 Å². The van der Waals surface area contributed by atoms with Crippen LogP contribution in [0.25, 0.3) is 83.9 Å². The minimum absolute atomic E-state index is 0.225. The molecule has 1 unspecified atom stereocenters. The van der Waals surface area contributed by atoms with E-state index in [-0.39, 0.29) is 5.92 Å². The van der Waals surface area contributed by atoms with Crippen LogP contribution in [0.15, 0.2) is 180 Å². The summed E-state index contributed by atoms with van der Waals surface area (Å²) < 4.78 is 6.73. The van der Waals surface area contributed by atoms with Crippen molar-refractivity contribution < 1.29 is 4.42 Å². The molecule has 0 bridgehead atoms. The number of benzene rings is 7. The maximum Gasteiger partial charge on any atom is 0.164 e. The normalized spacial score (nSPS) is 15.1. The van der Waals surface area contributed by atoms with Gasteiger partial charge in [-0.15, -0.1) is 0 Å². The lowest BCUT2D eigenvalue weighted by Crippen LogP contribution is -2.02. The fourth-order valence-electron chi connectivity index (χ4n) is 8.73. The van der Waals surface area contributed by atoms with Gasteiger partial charge in [0.25, 0.3) is 0 Å². The van der Waals surface area contributed by atoms with Crippen molar-refractivity contribution in [1.29, 1.82) is 0 Å². The molecule has 2 heterocycles. The lowest BCUT2D eigenvalue weighted by Gasteiger charge is -2.21. The van der Waals surface area contributed by atoms with Gasteiger partial charge in [0.05, 0.1) is 0 Å². The number of hydrogen-bond donors (Lipinski definition) is 0. The molecule has 11 rings (SSSR count). The van der Waals surface area contributed by atoms with Gasteiger partial charge in [-0.3, -0.25) is 0 Å². The second-order valence-corrected chi connectivity index (χ2v) is 15.0. The molecule has 270 valence electrons. The highest BCUT2D eigenvalue weighted by molar-refractivity contribution is 6.13. The van der Waals surface area contributed by atoms with Gasteiger partial charge < -0.3 is 4.42 Å². The molecule has 0 radical (unpaired) electrons. The summed E-state index contributed by atoms with van der Waals surface area (Å²) in [5.41, 5.74) is 11.6. The third-order valence-electron chi connectivity index (χ3n) is 11.6. The zero-order valence-corrected chi connectivity index (χ0v) is 31.3. The van der Waals surface area contributed by atoms with Crippen molar-refractivity contribution in [2.24, 2.45) is 0 Å². The highest BCUT2D eigenvalue weighted by Gasteiger charge is 2.24. The van der Waals surface area contributed by atoms with E-state index in [1.807, 2.05) is 60.7 Å².